The van der Waals surface area contributed by atoms with Gasteiger partial charge < -0.3 is 5.32 Å². The van der Waals surface area contributed by atoms with E-state index in [4.69, 9.17) is 0 Å². The van der Waals surface area contributed by atoms with Crippen molar-refractivity contribution in [2.45, 2.75) is 31.7 Å². The van der Waals surface area contributed by atoms with Crippen LogP contribution in [0.1, 0.15) is 20.8 Å². The van der Waals surface area contributed by atoms with Gasteiger partial charge in [-0.2, -0.15) is 4.31 Å². The van der Waals surface area contributed by atoms with Gasteiger partial charge in [0.25, 0.3) is 5.69 Å². The molecule has 22 heavy (non-hydrogen) atoms. The summed E-state index contributed by atoms with van der Waals surface area (Å²) < 4.78 is 25.9. The van der Waals surface area contributed by atoms with Crippen molar-refractivity contribution in [3.8, 4) is 0 Å². The van der Waals surface area contributed by atoms with Crippen LogP contribution in [0.15, 0.2) is 29.2 Å². The lowest BCUT2D eigenvalue weighted by Gasteiger charge is -2.20. The summed E-state index contributed by atoms with van der Waals surface area (Å²) in [6.07, 6.45) is 0. The van der Waals surface area contributed by atoms with Crippen LogP contribution in [0.4, 0.5) is 5.69 Å². The molecule has 0 saturated heterocycles. The van der Waals surface area contributed by atoms with Crippen molar-refractivity contribution in [2.24, 2.45) is 0 Å². The molecule has 0 radical (unpaired) electrons. The Bertz CT molecular complexity index is 640. The third-order valence-corrected chi connectivity index (χ3v) is 4.74. The Balaban J connectivity index is 2.98. The van der Waals surface area contributed by atoms with Crippen LogP contribution in [0.2, 0.25) is 0 Å². The normalized spacial score (nSPS) is 11.7. The van der Waals surface area contributed by atoms with Gasteiger partial charge >= 0.3 is 0 Å². The van der Waals surface area contributed by atoms with Gasteiger partial charge in [0.15, 0.2) is 0 Å². The molecule has 1 rings (SSSR count). The Hall–Kier alpha value is -2.00. The SMILES string of the molecule is CCN(CC(=O)NC(C)C)S(=O)(=O)c1ccc([N+](=O)[O-])cc1. The highest BCUT2D eigenvalue weighted by Gasteiger charge is 2.25. The van der Waals surface area contributed by atoms with Gasteiger partial charge in [0.05, 0.1) is 16.4 Å². The highest BCUT2D eigenvalue weighted by molar-refractivity contribution is 7.89. The smallest absolute Gasteiger partial charge is 0.269 e. The number of hydrogen-bond donors (Lipinski definition) is 1. The number of nitro benzene ring substituents is 1. The fourth-order valence-electron chi connectivity index (χ4n) is 1.78. The van der Waals surface area contributed by atoms with E-state index in [1.807, 2.05) is 0 Å². The zero-order valence-electron chi connectivity index (χ0n) is 12.6. The molecule has 0 aromatic heterocycles. The van der Waals surface area contributed by atoms with E-state index in [1.54, 1.807) is 20.8 Å². The van der Waals surface area contributed by atoms with Gasteiger partial charge in [0.1, 0.15) is 0 Å². The van der Waals surface area contributed by atoms with Gasteiger partial charge in [-0.15, -0.1) is 0 Å². The second-order valence-corrected chi connectivity index (χ2v) is 6.84. The fraction of sp³-hybridized carbons (Fsp3) is 0.462. The summed E-state index contributed by atoms with van der Waals surface area (Å²) in [6.45, 7) is 4.99. The van der Waals surface area contributed by atoms with Crippen LogP contribution in [-0.4, -0.2) is 42.7 Å². The van der Waals surface area contributed by atoms with Crippen LogP contribution in [0.5, 0.6) is 0 Å². The Labute approximate surface area is 129 Å². The Morgan fingerprint density at radius 1 is 1.32 bits per heavy atom. The topological polar surface area (TPSA) is 110 Å². The van der Waals surface area contributed by atoms with Crippen molar-refractivity contribution >= 4 is 21.6 Å². The van der Waals surface area contributed by atoms with Gasteiger partial charge in [-0.3, -0.25) is 14.9 Å². The molecule has 122 valence electrons. The molecule has 8 nitrogen and oxygen atoms in total. The van der Waals surface area contributed by atoms with Gasteiger partial charge in [-0.25, -0.2) is 8.42 Å². The lowest BCUT2D eigenvalue weighted by Crippen LogP contribution is -2.42. The Morgan fingerprint density at radius 2 is 1.86 bits per heavy atom. The molecule has 0 heterocycles. The summed E-state index contributed by atoms with van der Waals surface area (Å²) in [5.74, 6) is -0.401. The summed E-state index contributed by atoms with van der Waals surface area (Å²) in [5.41, 5.74) is -0.195. The fourth-order valence-corrected chi connectivity index (χ4v) is 3.19. The number of non-ortho nitro benzene ring substituents is 1. The van der Waals surface area contributed by atoms with Gasteiger partial charge in [-0.1, -0.05) is 6.92 Å². The van der Waals surface area contributed by atoms with E-state index in [2.05, 4.69) is 5.32 Å². The number of nitro groups is 1. The van der Waals surface area contributed by atoms with E-state index in [0.717, 1.165) is 28.6 Å². The van der Waals surface area contributed by atoms with Crippen LogP contribution in [0, 0.1) is 10.1 Å². The van der Waals surface area contributed by atoms with E-state index in [0.29, 0.717) is 0 Å². The average molecular weight is 329 g/mol. The number of hydrogen-bond acceptors (Lipinski definition) is 5. The second-order valence-electron chi connectivity index (χ2n) is 4.90. The summed E-state index contributed by atoms with van der Waals surface area (Å²) in [7, 11) is -3.87. The number of carbonyl (C=O) groups is 1. The van der Waals surface area contributed by atoms with E-state index in [9.17, 15) is 23.3 Å². The highest BCUT2D eigenvalue weighted by Crippen LogP contribution is 2.19. The zero-order chi connectivity index (χ0) is 16.9. The van der Waals surface area contributed by atoms with E-state index in [1.165, 1.54) is 0 Å². The lowest BCUT2D eigenvalue weighted by molar-refractivity contribution is -0.384. The monoisotopic (exact) mass is 329 g/mol. The maximum absolute atomic E-state index is 12.4. The minimum Gasteiger partial charge on any atom is -0.353 e. The first-order valence-corrected chi connectivity index (χ1v) is 8.16. The van der Waals surface area contributed by atoms with Crippen LogP contribution < -0.4 is 5.32 Å². The lowest BCUT2D eigenvalue weighted by atomic mass is 10.3. The maximum atomic E-state index is 12.4. The molecule has 0 aliphatic heterocycles. The predicted octanol–water partition coefficient (Wildman–Crippen LogP) is 1.13. The molecule has 0 spiro atoms. The third kappa shape index (κ3) is 4.50. The number of carbonyl (C=O) groups excluding carboxylic acids is 1. The summed E-state index contributed by atoms with van der Waals surface area (Å²) in [5, 5.41) is 13.2. The van der Waals surface area contributed by atoms with Crippen LogP contribution in [0.3, 0.4) is 0 Å². The van der Waals surface area contributed by atoms with Crippen LogP contribution in [-0.2, 0) is 14.8 Å². The minimum atomic E-state index is -3.87. The minimum absolute atomic E-state index is 0.0858. The summed E-state index contributed by atoms with van der Waals surface area (Å²) in [4.78, 5) is 21.6. The molecular weight excluding hydrogens is 310 g/mol. The second kappa shape index (κ2) is 7.32. The molecule has 1 amide bonds. The van der Waals surface area contributed by atoms with E-state index < -0.39 is 20.9 Å². The molecule has 0 unspecified atom stereocenters. The molecular formula is C13H19N3O5S. The van der Waals surface area contributed by atoms with Crippen LogP contribution >= 0.6 is 0 Å². The summed E-state index contributed by atoms with van der Waals surface area (Å²) in [6, 6.07) is 4.48. The number of amides is 1. The van der Waals surface area contributed by atoms with E-state index >= 15 is 0 Å². The molecule has 0 atom stereocenters. The molecule has 0 aliphatic carbocycles. The molecule has 0 bridgehead atoms. The van der Waals surface area contributed by atoms with E-state index in [-0.39, 0.29) is 29.7 Å². The number of sulfonamides is 1. The summed E-state index contributed by atoms with van der Waals surface area (Å²) >= 11 is 0. The van der Waals surface area contributed by atoms with Crippen LogP contribution in [0.25, 0.3) is 0 Å². The number of benzene rings is 1. The zero-order valence-corrected chi connectivity index (χ0v) is 13.5. The third-order valence-electron chi connectivity index (χ3n) is 2.81. The van der Waals surface area contributed by atoms with Crippen molar-refractivity contribution in [1.29, 1.82) is 0 Å². The number of nitrogens with zero attached hydrogens (tertiary/aromatic N) is 2. The molecule has 1 aromatic carbocycles. The van der Waals surface area contributed by atoms with Crippen molar-refractivity contribution < 1.29 is 18.1 Å². The van der Waals surface area contributed by atoms with Crippen molar-refractivity contribution in [2.75, 3.05) is 13.1 Å². The first kappa shape index (κ1) is 18.1. The molecule has 1 N–H and O–H groups in total. The quantitative estimate of drug-likeness (QED) is 0.595. The Morgan fingerprint density at radius 3 is 2.27 bits per heavy atom. The van der Waals surface area contributed by atoms with Gasteiger partial charge in [0.2, 0.25) is 15.9 Å². The van der Waals surface area contributed by atoms with Gasteiger partial charge in [-0.05, 0) is 26.0 Å². The average Bonchev–Trinajstić information content (AvgIpc) is 2.43. The first-order chi connectivity index (χ1) is 10.2. The maximum Gasteiger partial charge on any atom is 0.269 e. The molecule has 0 aliphatic rings. The van der Waals surface area contributed by atoms with Crippen molar-refractivity contribution in [3.63, 3.8) is 0 Å². The highest BCUT2D eigenvalue weighted by atomic mass is 32.2. The molecule has 0 saturated carbocycles. The molecule has 9 heteroatoms. The molecule has 0 fully saturated rings. The number of rotatable bonds is 7. The Kier molecular flexibility index (Phi) is 6.01. The first-order valence-electron chi connectivity index (χ1n) is 6.72. The number of likely N-dealkylation sites (N-methyl/N-ethyl adjacent to an activating group) is 1. The molecule has 1 aromatic rings. The predicted molar refractivity (Wildman–Crippen MR) is 80.8 cm³/mol. The number of nitrogens with one attached hydrogen (secondary N) is 1. The van der Waals surface area contributed by atoms with Crippen molar-refractivity contribution in [1.82, 2.24) is 9.62 Å². The van der Waals surface area contributed by atoms with Crippen molar-refractivity contribution in [3.05, 3.63) is 34.4 Å². The largest absolute Gasteiger partial charge is 0.353 e. The standard InChI is InChI=1S/C13H19N3O5S/c1-4-15(9-13(17)14-10(2)3)22(20,21)12-7-5-11(6-8-12)16(18)19/h5-8,10H,4,9H2,1-3H3,(H,14,17). The van der Waals surface area contributed by atoms with Gasteiger partial charge in [0, 0.05) is 24.7 Å².